The molecule has 0 aromatic heterocycles. The highest BCUT2D eigenvalue weighted by Crippen LogP contribution is 2.20. The predicted octanol–water partition coefficient (Wildman–Crippen LogP) is 3.38. The summed E-state index contributed by atoms with van der Waals surface area (Å²) in [6.07, 6.45) is 0.865. The van der Waals surface area contributed by atoms with Crippen LogP contribution < -0.4 is 5.73 Å². The number of hydrogen-bond donors (Lipinski definition) is 1. The molecule has 0 aliphatic rings. The molecule has 2 N–H and O–H groups in total. The Balaban J connectivity index is 2.23. The number of rotatable bonds is 3. The Bertz CT molecular complexity index is 489. The molecule has 0 amide bonds. The first-order valence-electron chi connectivity index (χ1n) is 5.75. The third kappa shape index (κ3) is 3.14. The van der Waals surface area contributed by atoms with Crippen LogP contribution in [0.2, 0.25) is 0 Å². The van der Waals surface area contributed by atoms with Crippen molar-refractivity contribution in [1.82, 2.24) is 0 Å². The molecule has 0 spiro atoms. The van der Waals surface area contributed by atoms with Crippen molar-refractivity contribution in [2.24, 2.45) is 5.73 Å². The van der Waals surface area contributed by atoms with Crippen LogP contribution in [0.4, 0.5) is 4.39 Å². The van der Waals surface area contributed by atoms with E-state index in [-0.39, 0.29) is 11.9 Å². The fraction of sp³-hybridized carbons (Fsp3) is 0.200. The molecule has 17 heavy (non-hydrogen) atoms. The van der Waals surface area contributed by atoms with Crippen molar-refractivity contribution in [1.29, 1.82) is 0 Å². The molecule has 88 valence electrons. The predicted molar refractivity (Wildman–Crippen MR) is 69.2 cm³/mol. The minimum absolute atomic E-state index is 0.162. The summed E-state index contributed by atoms with van der Waals surface area (Å²) in [4.78, 5) is 0. The quantitative estimate of drug-likeness (QED) is 0.857. The molecule has 1 unspecified atom stereocenters. The maximum atomic E-state index is 13.1. The fourth-order valence-electron chi connectivity index (χ4n) is 1.87. The lowest BCUT2D eigenvalue weighted by Crippen LogP contribution is -2.17. The lowest BCUT2D eigenvalue weighted by Gasteiger charge is -2.07. The number of nitrogens with two attached hydrogens (primary N) is 1. The molecule has 2 aromatic rings. The molecular weight excluding hydrogens is 213 g/mol. The molecule has 2 heteroatoms. The second-order valence-corrected chi connectivity index (χ2v) is 4.39. The van der Waals surface area contributed by atoms with E-state index in [1.165, 1.54) is 11.6 Å². The summed E-state index contributed by atoms with van der Waals surface area (Å²) >= 11 is 0. The molecule has 2 aromatic carbocycles. The van der Waals surface area contributed by atoms with Crippen molar-refractivity contribution in [2.45, 2.75) is 19.4 Å². The average molecular weight is 229 g/mol. The van der Waals surface area contributed by atoms with E-state index in [1.54, 1.807) is 12.1 Å². The summed E-state index contributed by atoms with van der Waals surface area (Å²) in [5, 5.41) is 0. The number of halogens is 1. The van der Waals surface area contributed by atoms with E-state index in [4.69, 9.17) is 5.73 Å². The molecule has 0 fully saturated rings. The van der Waals surface area contributed by atoms with Gasteiger partial charge in [-0.25, -0.2) is 4.39 Å². The standard InChI is InChI=1S/C15H16FN/c1-11(17)9-12-5-7-13(8-6-12)14-3-2-4-15(16)10-14/h2-8,10-11H,9,17H2,1H3. The van der Waals surface area contributed by atoms with Gasteiger partial charge in [-0.15, -0.1) is 0 Å². The lowest BCUT2D eigenvalue weighted by molar-refractivity contribution is 0.628. The van der Waals surface area contributed by atoms with Gasteiger partial charge in [0.15, 0.2) is 0 Å². The Morgan fingerprint density at radius 3 is 2.35 bits per heavy atom. The molecule has 0 bridgehead atoms. The molecule has 1 nitrogen and oxygen atoms in total. The van der Waals surface area contributed by atoms with Crippen LogP contribution in [0.1, 0.15) is 12.5 Å². The Kier molecular flexibility index (Phi) is 3.55. The van der Waals surface area contributed by atoms with E-state index >= 15 is 0 Å². The van der Waals surface area contributed by atoms with Crippen LogP contribution in [0.5, 0.6) is 0 Å². The molecule has 0 aliphatic carbocycles. The zero-order chi connectivity index (χ0) is 12.3. The Labute approximate surface area is 101 Å². The van der Waals surface area contributed by atoms with E-state index in [9.17, 15) is 4.39 Å². The van der Waals surface area contributed by atoms with E-state index in [2.05, 4.69) is 0 Å². The lowest BCUT2D eigenvalue weighted by atomic mass is 10.0. The van der Waals surface area contributed by atoms with Crippen molar-refractivity contribution in [3.63, 3.8) is 0 Å². The van der Waals surface area contributed by atoms with E-state index in [0.29, 0.717) is 0 Å². The molecular formula is C15H16FN. The van der Waals surface area contributed by atoms with Crippen LogP contribution in [0.15, 0.2) is 48.5 Å². The van der Waals surface area contributed by atoms with Crippen LogP contribution in [-0.2, 0) is 6.42 Å². The zero-order valence-electron chi connectivity index (χ0n) is 9.86. The van der Waals surface area contributed by atoms with E-state index in [1.807, 2.05) is 37.3 Å². The molecule has 0 heterocycles. The van der Waals surface area contributed by atoms with Crippen LogP contribution in [-0.4, -0.2) is 6.04 Å². The highest BCUT2D eigenvalue weighted by atomic mass is 19.1. The van der Waals surface area contributed by atoms with Gasteiger partial charge in [0.25, 0.3) is 0 Å². The minimum atomic E-state index is -0.206. The van der Waals surface area contributed by atoms with Crippen LogP contribution in [0.3, 0.4) is 0 Å². The molecule has 0 saturated heterocycles. The van der Waals surface area contributed by atoms with Gasteiger partial charge in [-0.3, -0.25) is 0 Å². The van der Waals surface area contributed by atoms with Crippen LogP contribution in [0, 0.1) is 5.82 Å². The summed E-state index contributed by atoms with van der Waals surface area (Å²) in [5.41, 5.74) is 8.88. The highest BCUT2D eigenvalue weighted by molar-refractivity contribution is 5.63. The Morgan fingerprint density at radius 2 is 1.76 bits per heavy atom. The molecule has 2 rings (SSSR count). The Hall–Kier alpha value is -1.67. The molecule has 0 radical (unpaired) electrons. The second kappa shape index (κ2) is 5.11. The van der Waals surface area contributed by atoms with Crippen molar-refractivity contribution < 1.29 is 4.39 Å². The monoisotopic (exact) mass is 229 g/mol. The van der Waals surface area contributed by atoms with Crippen molar-refractivity contribution in [3.05, 3.63) is 59.9 Å². The largest absolute Gasteiger partial charge is 0.328 e. The molecule has 0 saturated carbocycles. The fourth-order valence-corrected chi connectivity index (χ4v) is 1.87. The SMILES string of the molecule is CC(N)Cc1ccc(-c2cccc(F)c2)cc1. The van der Waals surface area contributed by atoms with E-state index in [0.717, 1.165) is 17.5 Å². The maximum Gasteiger partial charge on any atom is 0.123 e. The first kappa shape index (κ1) is 11.8. The zero-order valence-corrected chi connectivity index (χ0v) is 9.86. The first-order valence-corrected chi connectivity index (χ1v) is 5.75. The minimum Gasteiger partial charge on any atom is -0.328 e. The van der Waals surface area contributed by atoms with Crippen LogP contribution >= 0.6 is 0 Å². The molecule has 1 atom stereocenters. The summed E-state index contributed by atoms with van der Waals surface area (Å²) in [6, 6.07) is 14.9. The number of hydrogen-bond acceptors (Lipinski definition) is 1. The van der Waals surface area contributed by atoms with Crippen LogP contribution in [0.25, 0.3) is 11.1 Å². The topological polar surface area (TPSA) is 26.0 Å². The van der Waals surface area contributed by atoms with Gasteiger partial charge in [0.1, 0.15) is 5.82 Å². The van der Waals surface area contributed by atoms with Crippen molar-refractivity contribution in [3.8, 4) is 11.1 Å². The summed E-state index contributed by atoms with van der Waals surface area (Å²) in [5.74, 6) is -0.206. The smallest absolute Gasteiger partial charge is 0.123 e. The maximum absolute atomic E-state index is 13.1. The third-order valence-corrected chi connectivity index (χ3v) is 2.67. The van der Waals surface area contributed by atoms with Gasteiger partial charge in [-0.05, 0) is 42.2 Å². The summed E-state index contributed by atoms with van der Waals surface area (Å²) < 4.78 is 13.1. The van der Waals surface area contributed by atoms with Gasteiger partial charge in [0, 0.05) is 6.04 Å². The van der Waals surface area contributed by atoms with Gasteiger partial charge >= 0.3 is 0 Å². The first-order chi connectivity index (χ1) is 8.15. The summed E-state index contributed by atoms with van der Waals surface area (Å²) in [7, 11) is 0. The third-order valence-electron chi connectivity index (χ3n) is 2.67. The normalized spacial score (nSPS) is 12.4. The van der Waals surface area contributed by atoms with Gasteiger partial charge in [0.05, 0.1) is 0 Å². The second-order valence-electron chi connectivity index (χ2n) is 4.39. The summed E-state index contributed by atoms with van der Waals surface area (Å²) in [6.45, 7) is 1.99. The van der Waals surface area contributed by atoms with Crippen molar-refractivity contribution >= 4 is 0 Å². The Morgan fingerprint density at radius 1 is 1.06 bits per heavy atom. The van der Waals surface area contributed by atoms with Crippen molar-refractivity contribution in [2.75, 3.05) is 0 Å². The van der Waals surface area contributed by atoms with Gasteiger partial charge in [-0.2, -0.15) is 0 Å². The van der Waals surface area contributed by atoms with Gasteiger partial charge < -0.3 is 5.73 Å². The average Bonchev–Trinajstić information content (AvgIpc) is 2.29. The van der Waals surface area contributed by atoms with E-state index < -0.39 is 0 Å². The van der Waals surface area contributed by atoms with Gasteiger partial charge in [-0.1, -0.05) is 36.4 Å². The molecule has 0 aliphatic heterocycles. The number of benzene rings is 2. The van der Waals surface area contributed by atoms with Gasteiger partial charge in [0.2, 0.25) is 0 Å². The highest BCUT2D eigenvalue weighted by Gasteiger charge is 2.01.